The highest BCUT2D eigenvalue weighted by molar-refractivity contribution is 7.90. The highest BCUT2D eigenvalue weighted by atomic mass is 32.2. The van der Waals surface area contributed by atoms with Crippen molar-refractivity contribution in [2.24, 2.45) is 11.8 Å². The van der Waals surface area contributed by atoms with Gasteiger partial charge in [-0.25, -0.2) is 8.42 Å². The molecule has 1 aromatic rings. The van der Waals surface area contributed by atoms with Gasteiger partial charge in [0.2, 0.25) is 0 Å². The summed E-state index contributed by atoms with van der Waals surface area (Å²) in [6.07, 6.45) is 1.25. The van der Waals surface area contributed by atoms with Crippen LogP contribution in [-0.2, 0) is 9.84 Å². The van der Waals surface area contributed by atoms with Gasteiger partial charge in [0.05, 0.1) is 10.6 Å². The third-order valence-corrected chi connectivity index (χ3v) is 4.86. The fraction of sp³-hybridized carbons (Fsp3) is 0.500. The molecule has 17 heavy (non-hydrogen) atoms. The maximum Gasteiger partial charge on any atom is 0.177 e. The van der Waals surface area contributed by atoms with Gasteiger partial charge in [-0.3, -0.25) is 0 Å². The topological polar surface area (TPSA) is 58.2 Å². The van der Waals surface area contributed by atoms with Crippen LogP contribution in [0.15, 0.2) is 29.2 Å². The largest absolute Gasteiger partial charge is 0.381 e. The number of nitrogens with one attached hydrogen (secondary N) is 2. The van der Waals surface area contributed by atoms with Gasteiger partial charge < -0.3 is 10.6 Å². The SMILES string of the molecule is CS(=O)(=O)c1ccccc1NC1C2CNCC21. The first-order valence-electron chi connectivity index (χ1n) is 5.84. The third kappa shape index (κ3) is 1.93. The van der Waals surface area contributed by atoms with Crippen LogP contribution in [0, 0.1) is 11.8 Å². The average molecular weight is 252 g/mol. The van der Waals surface area contributed by atoms with Crippen molar-refractivity contribution < 1.29 is 8.42 Å². The summed E-state index contributed by atoms with van der Waals surface area (Å²) < 4.78 is 23.3. The van der Waals surface area contributed by atoms with Crippen molar-refractivity contribution in [2.45, 2.75) is 10.9 Å². The Labute approximate surface area is 101 Å². The molecule has 1 aliphatic carbocycles. The van der Waals surface area contributed by atoms with E-state index in [-0.39, 0.29) is 0 Å². The molecule has 0 amide bonds. The Morgan fingerprint density at radius 1 is 1.24 bits per heavy atom. The second-order valence-electron chi connectivity index (χ2n) is 4.92. The van der Waals surface area contributed by atoms with Crippen molar-refractivity contribution >= 4 is 15.5 Å². The van der Waals surface area contributed by atoms with Gasteiger partial charge in [-0.1, -0.05) is 12.1 Å². The summed E-state index contributed by atoms with van der Waals surface area (Å²) in [6, 6.07) is 7.58. The van der Waals surface area contributed by atoms with Crippen LogP contribution in [-0.4, -0.2) is 33.8 Å². The molecule has 0 aromatic heterocycles. The number of piperidine rings is 1. The number of anilines is 1. The summed E-state index contributed by atoms with van der Waals surface area (Å²) in [5.41, 5.74) is 0.745. The molecule has 2 fully saturated rings. The Morgan fingerprint density at radius 2 is 1.88 bits per heavy atom. The van der Waals surface area contributed by atoms with E-state index >= 15 is 0 Å². The molecule has 0 radical (unpaired) electrons. The molecule has 1 aliphatic heterocycles. The lowest BCUT2D eigenvalue weighted by atomic mass is 10.3. The molecule has 0 spiro atoms. The second-order valence-corrected chi connectivity index (χ2v) is 6.91. The lowest BCUT2D eigenvalue weighted by Gasteiger charge is -2.12. The summed E-state index contributed by atoms with van der Waals surface area (Å²) in [6.45, 7) is 2.09. The zero-order chi connectivity index (χ0) is 12.0. The van der Waals surface area contributed by atoms with E-state index in [1.165, 1.54) is 6.26 Å². The van der Waals surface area contributed by atoms with Crippen LogP contribution in [0.2, 0.25) is 0 Å². The van der Waals surface area contributed by atoms with E-state index in [1.807, 2.05) is 12.1 Å². The maximum absolute atomic E-state index is 11.6. The monoisotopic (exact) mass is 252 g/mol. The lowest BCUT2D eigenvalue weighted by molar-refractivity contribution is 0.602. The van der Waals surface area contributed by atoms with Crippen molar-refractivity contribution in [1.29, 1.82) is 0 Å². The third-order valence-electron chi connectivity index (χ3n) is 3.70. The second kappa shape index (κ2) is 3.71. The van der Waals surface area contributed by atoms with Gasteiger partial charge in [0, 0.05) is 25.4 Å². The van der Waals surface area contributed by atoms with Crippen molar-refractivity contribution in [2.75, 3.05) is 24.7 Å². The number of para-hydroxylation sites is 1. The van der Waals surface area contributed by atoms with Crippen molar-refractivity contribution in [3.05, 3.63) is 24.3 Å². The van der Waals surface area contributed by atoms with Gasteiger partial charge in [-0.2, -0.15) is 0 Å². The molecule has 2 atom stereocenters. The Hall–Kier alpha value is -1.07. The number of hydrogen-bond acceptors (Lipinski definition) is 4. The van der Waals surface area contributed by atoms with Crippen LogP contribution < -0.4 is 10.6 Å². The van der Waals surface area contributed by atoms with E-state index in [0.717, 1.165) is 18.8 Å². The van der Waals surface area contributed by atoms with E-state index in [2.05, 4.69) is 10.6 Å². The zero-order valence-electron chi connectivity index (χ0n) is 9.68. The van der Waals surface area contributed by atoms with Gasteiger partial charge in [0.1, 0.15) is 0 Å². The van der Waals surface area contributed by atoms with Crippen LogP contribution >= 0.6 is 0 Å². The molecule has 4 nitrogen and oxygen atoms in total. The summed E-state index contributed by atoms with van der Waals surface area (Å²) in [5.74, 6) is 1.34. The molecular formula is C12H16N2O2S. The normalized spacial score (nSPS) is 31.0. The van der Waals surface area contributed by atoms with Crippen LogP contribution in [0.5, 0.6) is 0 Å². The minimum absolute atomic E-state index is 0.401. The zero-order valence-corrected chi connectivity index (χ0v) is 10.5. The van der Waals surface area contributed by atoms with Crippen LogP contribution in [0.4, 0.5) is 5.69 Å². The summed E-state index contributed by atoms with van der Waals surface area (Å²) >= 11 is 0. The van der Waals surface area contributed by atoms with Gasteiger partial charge >= 0.3 is 0 Å². The maximum atomic E-state index is 11.6. The molecule has 1 heterocycles. The number of sulfone groups is 1. The van der Waals surface area contributed by atoms with E-state index in [1.54, 1.807) is 12.1 Å². The van der Waals surface area contributed by atoms with Gasteiger partial charge in [0.15, 0.2) is 9.84 Å². The van der Waals surface area contributed by atoms with E-state index < -0.39 is 9.84 Å². The molecule has 2 unspecified atom stereocenters. The minimum Gasteiger partial charge on any atom is -0.381 e. The van der Waals surface area contributed by atoms with E-state index in [4.69, 9.17) is 0 Å². The first kappa shape index (κ1) is 11.0. The summed E-state index contributed by atoms with van der Waals surface area (Å²) in [5, 5.41) is 6.70. The van der Waals surface area contributed by atoms with Gasteiger partial charge in [-0.05, 0) is 24.0 Å². The Bertz CT molecular complexity index is 531. The first-order chi connectivity index (χ1) is 8.07. The molecule has 0 bridgehead atoms. The highest BCUT2D eigenvalue weighted by Gasteiger charge is 2.53. The Morgan fingerprint density at radius 3 is 2.53 bits per heavy atom. The number of rotatable bonds is 3. The summed E-state index contributed by atoms with van der Waals surface area (Å²) in [7, 11) is -3.15. The number of benzene rings is 1. The summed E-state index contributed by atoms with van der Waals surface area (Å²) in [4.78, 5) is 0.401. The van der Waals surface area contributed by atoms with E-state index in [0.29, 0.717) is 22.8 Å². The molecule has 2 aliphatic rings. The molecule has 1 aromatic carbocycles. The number of fused-ring (bicyclic) bond motifs is 1. The quantitative estimate of drug-likeness (QED) is 0.832. The van der Waals surface area contributed by atoms with E-state index in [9.17, 15) is 8.42 Å². The fourth-order valence-corrected chi connectivity index (χ4v) is 3.57. The molecule has 92 valence electrons. The molecule has 1 saturated heterocycles. The molecule has 2 N–H and O–H groups in total. The molecule has 3 rings (SSSR count). The minimum atomic E-state index is -3.15. The van der Waals surface area contributed by atoms with Crippen LogP contribution in [0.1, 0.15) is 0 Å². The fourth-order valence-electron chi connectivity index (χ4n) is 2.72. The molecule has 5 heteroatoms. The van der Waals surface area contributed by atoms with Crippen molar-refractivity contribution in [1.82, 2.24) is 5.32 Å². The van der Waals surface area contributed by atoms with Crippen LogP contribution in [0.3, 0.4) is 0 Å². The van der Waals surface area contributed by atoms with Gasteiger partial charge in [-0.15, -0.1) is 0 Å². The predicted molar refractivity (Wildman–Crippen MR) is 66.8 cm³/mol. The smallest absolute Gasteiger partial charge is 0.177 e. The Balaban J connectivity index is 1.84. The first-order valence-corrected chi connectivity index (χ1v) is 7.73. The average Bonchev–Trinajstić information content (AvgIpc) is 2.74. The predicted octanol–water partition coefficient (Wildman–Crippen LogP) is 0.720. The van der Waals surface area contributed by atoms with Crippen molar-refractivity contribution in [3.8, 4) is 0 Å². The number of hydrogen-bond donors (Lipinski definition) is 2. The standard InChI is InChI=1S/C12H16N2O2S/c1-17(15,16)11-5-3-2-4-10(11)14-12-8-6-13-7-9(8)12/h2-5,8-9,12-14H,6-7H2,1H3. The Kier molecular flexibility index (Phi) is 2.41. The van der Waals surface area contributed by atoms with Gasteiger partial charge in [0.25, 0.3) is 0 Å². The van der Waals surface area contributed by atoms with Crippen molar-refractivity contribution in [3.63, 3.8) is 0 Å². The van der Waals surface area contributed by atoms with Crippen LogP contribution in [0.25, 0.3) is 0 Å². The molecule has 1 saturated carbocycles. The lowest BCUT2D eigenvalue weighted by Crippen LogP contribution is -2.22. The highest BCUT2D eigenvalue weighted by Crippen LogP contribution is 2.44. The molecular weight excluding hydrogens is 236 g/mol.